The highest BCUT2D eigenvalue weighted by Gasteiger charge is 2.27. The maximum atomic E-state index is 12.0. The Kier molecular flexibility index (Phi) is 3.64. The van der Waals surface area contributed by atoms with E-state index in [0.29, 0.717) is 18.0 Å². The highest BCUT2D eigenvalue weighted by Crippen LogP contribution is 2.34. The maximum Gasteiger partial charge on any atom is 0.304 e. The highest BCUT2D eigenvalue weighted by atomic mass is 32.2. The van der Waals surface area contributed by atoms with E-state index in [1.54, 1.807) is 6.07 Å². The molecule has 7 heteroatoms. The van der Waals surface area contributed by atoms with Crippen molar-refractivity contribution in [3.05, 3.63) is 18.2 Å². The molecule has 0 saturated heterocycles. The molecular formula is C13H17NO5S. The van der Waals surface area contributed by atoms with Crippen LogP contribution in [0.15, 0.2) is 23.1 Å². The molecule has 0 aliphatic carbocycles. The molecule has 0 fully saturated rings. The van der Waals surface area contributed by atoms with Gasteiger partial charge in [-0.25, -0.2) is 8.42 Å². The summed E-state index contributed by atoms with van der Waals surface area (Å²) in [5.41, 5.74) is 0.261. The van der Waals surface area contributed by atoms with Crippen molar-refractivity contribution in [2.45, 2.75) is 30.8 Å². The van der Waals surface area contributed by atoms with Crippen LogP contribution in [0.25, 0.3) is 0 Å². The Morgan fingerprint density at radius 1 is 1.45 bits per heavy atom. The lowest BCUT2D eigenvalue weighted by atomic mass is 10.1. The minimum absolute atomic E-state index is 0.105. The number of anilines is 1. The smallest absolute Gasteiger partial charge is 0.304 e. The molecule has 1 aliphatic heterocycles. The monoisotopic (exact) mass is 299 g/mol. The lowest BCUT2D eigenvalue weighted by molar-refractivity contribution is -0.136. The number of carboxylic acids is 1. The molecule has 1 aliphatic rings. The first-order valence-electron chi connectivity index (χ1n) is 6.21. The number of benzene rings is 1. The number of carboxylic acid groups (broad SMARTS) is 1. The van der Waals surface area contributed by atoms with Gasteiger partial charge in [0.2, 0.25) is 0 Å². The fourth-order valence-electron chi connectivity index (χ4n) is 1.91. The molecule has 1 aromatic rings. The molecule has 0 saturated carbocycles. The van der Waals surface area contributed by atoms with Gasteiger partial charge in [-0.2, -0.15) is 0 Å². The number of nitrogens with one attached hydrogen (secondary N) is 1. The maximum absolute atomic E-state index is 12.0. The first-order valence-corrected chi connectivity index (χ1v) is 7.86. The summed E-state index contributed by atoms with van der Waals surface area (Å²) < 4.78 is 29.8. The van der Waals surface area contributed by atoms with Crippen molar-refractivity contribution in [1.82, 2.24) is 0 Å². The van der Waals surface area contributed by atoms with E-state index in [-0.39, 0.29) is 10.5 Å². The molecule has 20 heavy (non-hydrogen) atoms. The zero-order chi connectivity index (χ0) is 15.0. The minimum atomic E-state index is -3.59. The predicted molar refractivity (Wildman–Crippen MR) is 73.9 cm³/mol. The van der Waals surface area contributed by atoms with E-state index in [2.05, 4.69) is 5.32 Å². The molecule has 1 aromatic carbocycles. The van der Waals surface area contributed by atoms with E-state index in [1.165, 1.54) is 12.1 Å². The van der Waals surface area contributed by atoms with Crippen LogP contribution < -0.4 is 10.1 Å². The molecule has 2 rings (SSSR count). The largest absolute Gasteiger partial charge is 0.484 e. The van der Waals surface area contributed by atoms with Crippen molar-refractivity contribution in [2.75, 3.05) is 17.6 Å². The second kappa shape index (κ2) is 4.97. The third-order valence-corrected chi connectivity index (χ3v) is 4.70. The summed E-state index contributed by atoms with van der Waals surface area (Å²) >= 11 is 0. The van der Waals surface area contributed by atoms with Crippen molar-refractivity contribution < 1.29 is 23.1 Å². The molecule has 0 radical (unpaired) electrons. The van der Waals surface area contributed by atoms with Gasteiger partial charge in [0.15, 0.2) is 9.84 Å². The zero-order valence-corrected chi connectivity index (χ0v) is 12.2. The fraction of sp³-hybridized carbons (Fsp3) is 0.462. The van der Waals surface area contributed by atoms with Crippen molar-refractivity contribution >= 4 is 21.5 Å². The Morgan fingerprint density at radius 2 is 2.15 bits per heavy atom. The third-order valence-electron chi connectivity index (χ3n) is 2.99. The van der Waals surface area contributed by atoms with Crippen molar-refractivity contribution in [3.8, 4) is 5.75 Å². The van der Waals surface area contributed by atoms with Crippen LogP contribution in [0.4, 0.5) is 5.69 Å². The van der Waals surface area contributed by atoms with E-state index in [0.717, 1.165) is 0 Å². The van der Waals surface area contributed by atoms with Crippen LogP contribution in [0.5, 0.6) is 5.75 Å². The van der Waals surface area contributed by atoms with Crippen LogP contribution in [0.1, 0.15) is 20.3 Å². The molecule has 0 bridgehead atoms. The van der Waals surface area contributed by atoms with Crippen LogP contribution in [-0.4, -0.2) is 37.4 Å². The van der Waals surface area contributed by atoms with Gasteiger partial charge in [0.25, 0.3) is 0 Å². The molecule has 110 valence electrons. The van der Waals surface area contributed by atoms with Crippen LogP contribution in [0, 0.1) is 0 Å². The second-order valence-corrected chi connectivity index (χ2v) is 7.45. The third kappa shape index (κ3) is 3.22. The molecule has 0 spiro atoms. The average molecular weight is 299 g/mol. The summed E-state index contributed by atoms with van der Waals surface area (Å²) in [5, 5.41) is 11.7. The Balaban J connectivity index is 2.26. The van der Waals surface area contributed by atoms with Gasteiger partial charge in [-0.3, -0.25) is 4.79 Å². The van der Waals surface area contributed by atoms with Crippen molar-refractivity contribution in [3.63, 3.8) is 0 Å². The molecule has 0 amide bonds. The number of aliphatic carboxylic acids is 1. The minimum Gasteiger partial charge on any atom is -0.484 e. The summed E-state index contributed by atoms with van der Waals surface area (Å²) in [7, 11) is -3.59. The van der Waals surface area contributed by atoms with Crippen molar-refractivity contribution in [2.24, 2.45) is 0 Å². The number of ether oxygens (including phenoxy) is 1. The lowest BCUT2D eigenvalue weighted by Gasteiger charge is -2.33. The Morgan fingerprint density at radius 3 is 2.80 bits per heavy atom. The molecular weight excluding hydrogens is 282 g/mol. The van der Waals surface area contributed by atoms with E-state index >= 15 is 0 Å². The number of hydrogen-bond donors (Lipinski definition) is 2. The fourth-order valence-corrected chi connectivity index (χ4v) is 3.16. The molecule has 0 unspecified atom stereocenters. The first-order chi connectivity index (χ1) is 9.20. The standard InChI is InChI=1S/C13H17NO5S/c1-13(2)8-14-10-7-9(3-4-11(10)19-13)20(17,18)6-5-12(15)16/h3-4,7,14H,5-6,8H2,1-2H3,(H,15,16). The van der Waals surface area contributed by atoms with Gasteiger partial charge in [0.1, 0.15) is 11.4 Å². The van der Waals surface area contributed by atoms with E-state index in [1.807, 2.05) is 13.8 Å². The normalized spacial score (nSPS) is 16.7. The van der Waals surface area contributed by atoms with Gasteiger partial charge in [-0.15, -0.1) is 0 Å². The van der Waals surface area contributed by atoms with E-state index in [9.17, 15) is 13.2 Å². The number of fused-ring (bicyclic) bond motifs is 1. The Bertz CT molecular complexity index is 636. The van der Waals surface area contributed by atoms with Gasteiger partial charge in [-0.05, 0) is 32.0 Å². The summed E-state index contributed by atoms with van der Waals surface area (Å²) in [5.74, 6) is -0.943. The van der Waals surface area contributed by atoms with Gasteiger partial charge in [0.05, 0.1) is 29.3 Å². The summed E-state index contributed by atoms with van der Waals surface area (Å²) in [6.07, 6.45) is -0.406. The first kappa shape index (κ1) is 14.6. The van der Waals surface area contributed by atoms with E-state index in [4.69, 9.17) is 9.84 Å². The van der Waals surface area contributed by atoms with Gasteiger partial charge in [0, 0.05) is 0 Å². The van der Waals surface area contributed by atoms with Gasteiger partial charge < -0.3 is 15.2 Å². The van der Waals surface area contributed by atoms with Gasteiger partial charge in [-0.1, -0.05) is 0 Å². The van der Waals surface area contributed by atoms with E-state index < -0.39 is 28.0 Å². The zero-order valence-electron chi connectivity index (χ0n) is 11.3. The molecule has 2 N–H and O–H groups in total. The van der Waals surface area contributed by atoms with Crippen LogP contribution in [0.3, 0.4) is 0 Å². The van der Waals surface area contributed by atoms with Gasteiger partial charge >= 0.3 is 5.97 Å². The summed E-state index contributed by atoms with van der Waals surface area (Å²) in [6, 6.07) is 4.53. The number of rotatable bonds is 4. The molecule has 6 nitrogen and oxygen atoms in total. The van der Waals surface area contributed by atoms with Crippen LogP contribution in [0.2, 0.25) is 0 Å². The average Bonchev–Trinajstić information content (AvgIpc) is 2.35. The van der Waals surface area contributed by atoms with Crippen molar-refractivity contribution in [1.29, 1.82) is 0 Å². The quantitative estimate of drug-likeness (QED) is 0.875. The number of sulfone groups is 1. The molecule has 1 heterocycles. The van der Waals surface area contributed by atoms with Crippen LogP contribution in [-0.2, 0) is 14.6 Å². The summed E-state index contributed by atoms with van der Waals surface area (Å²) in [6.45, 7) is 4.43. The topological polar surface area (TPSA) is 92.7 Å². The predicted octanol–water partition coefficient (Wildman–Crippen LogP) is 1.52. The lowest BCUT2D eigenvalue weighted by Crippen LogP contribution is -2.40. The summed E-state index contributed by atoms with van der Waals surface area (Å²) in [4.78, 5) is 10.6. The van der Waals surface area contributed by atoms with Crippen LogP contribution >= 0.6 is 0 Å². The Labute approximate surface area is 117 Å². The highest BCUT2D eigenvalue weighted by molar-refractivity contribution is 7.91. The molecule has 0 atom stereocenters. The molecule has 0 aromatic heterocycles. The SMILES string of the molecule is CC1(C)CNc2cc(S(=O)(=O)CCC(=O)O)ccc2O1. The Hall–Kier alpha value is -1.76. The number of carbonyl (C=O) groups is 1. The number of hydrogen-bond acceptors (Lipinski definition) is 5. The second-order valence-electron chi connectivity index (χ2n) is 5.34.